The van der Waals surface area contributed by atoms with E-state index < -0.39 is 17.6 Å². The first-order valence-corrected chi connectivity index (χ1v) is 8.98. The van der Waals surface area contributed by atoms with E-state index in [0.717, 1.165) is 0 Å². The third-order valence-electron chi connectivity index (χ3n) is 4.51. The smallest absolute Gasteiger partial charge is 0.360 e. The maximum atomic E-state index is 13.1. The Morgan fingerprint density at radius 1 is 0.793 bits per heavy atom. The number of aromatic nitrogens is 2. The van der Waals surface area contributed by atoms with E-state index in [-0.39, 0.29) is 11.5 Å². The summed E-state index contributed by atoms with van der Waals surface area (Å²) < 4.78 is 5.61. The quantitative estimate of drug-likeness (QED) is 0.419. The predicted molar refractivity (Wildman–Crippen MR) is 108 cm³/mol. The zero-order valence-electron chi connectivity index (χ0n) is 15.2. The van der Waals surface area contributed by atoms with Crippen LogP contribution in [0.15, 0.2) is 89.7 Å². The Morgan fingerprint density at radius 3 is 2.07 bits per heavy atom. The number of fused-ring (bicyclic) bond motifs is 1. The Labute approximate surface area is 165 Å². The molecule has 3 aromatic carbocycles. The molecule has 0 unspecified atom stereocenters. The number of Topliss-reactive ketones (excluding diaryl/α,β-unsaturated/α-hetero) is 1. The lowest BCUT2D eigenvalue weighted by molar-refractivity contribution is 0.0275. The van der Waals surface area contributed by atoms with Gasteiger partial charge in [-0.25, -0.2) is 9.89 Å². The lowest BCUT2D eigenvalue weighted by Crippen LogP contribution is -2.22. The number of benzene rings is 3. The van der Waals surface area contributed by atoms with Crippen molar-refractivity contribution in [3.05, 3.63) is 112 Å². The van der Waals surface area contributed by atoms with Crippen LogP contribution in [0.2, 0.25) is 0 Å². The molecule has 29 heavy (non-hydrogen) atoms. The lowest BCUT2D eigenvalue weighted by atomic mass is 10.00. The molecule has 0 radical (unpaired) electrons. The molecule has 0 saturated heterocycles. The molecule has 1 N–H and O–H groups in total. The molecule has 0 spiro atoms. The van der Waals surface area contributed by atoms with Gasteiger partial charge in [0.1, 0.15) is 0 Å². The molecule has 0 aliphatic rings. The Kier molecular flexibility index (Phi) is 4.99. The normalized spacial score (nSPS) is 11.7. The van der Waals surface area contributed by atoms with Gasteiger partial charge in [0.15, 0.2) is 11.8 Å². The first-order chi connectivity index (χ1) is 14.1. The third-order valence-corrected chi connectivity index (χ3v) is 4.51. The van der Waals surface area contributed by atoms with Crippen LogP contribution in [-0.2, 0) is 4.74 Å². The molecule has 6 heteroatoms. The predicted octanol–water partition coefficient (Wildman–Crippen LogP) is 3.70. The molecule has 0 fully saturated rings. The molecule has 0 aliphatic carbocycles. The number of nitrogens with zero attached hydrogens (tertiary/aromatic N) is 1. The number of H-pyrrole nitrogens is 1. The van der Waals surface area contributed by atoms with E-state index in [1.165, 1.54) is 0 Å². The molecule has 4 aromatic rings. The standard InChI is InChI=1S/C23H16N2O4/c26-20(15-9-3-1-4-10-15)21(16-11-5-2-6-12-16)29-23(28)19-17-13-7-8-14-18(17)22(27)25-24-19/h1-14,21H,(H,25,27)/t21-/m1/s1. The molecule has 0 aliphatic heterocycles. The number of aromatic amines is 1. The Balaban J connectivity index is 1.74. The van der Waals surface area contributed by atoms with Crippen LogP contribution in [-0.4, -0.2) is 21.9 Å². The summed E-state index contributed by atoms with van der Waals surface area (Å²) in [7, 11) is 0. The number of hydrogen-bond acceptors (Lipinski definition) is 5. The number of carbonyl (C=O) groups excluding carboxylic acids is 2. The van der Waals surface area contributed by atoms with Crippen LogP contribution in [0.25, 0.3) is 10.8 Å². The number of hydrogen-bond donors (Lipinski definition) is 1. The number of carbonyl (C=O) groups is 2. The highest BCUT2D eigenvalue weighted by atomic mass is 16.5. The zero-order valence-corrected chi connectivity index (χ0v) is 15.2. The highest BCUT2D eigenvalue weighted by molar-refractivity contribution is 6.05. The van der Waals surface area contributed by atoms with Crippen LogP contribution < -0.4 is 5.56 Å². The van der Waals surface area contributed by atoms with Crippen LogP contribution in [0.3, 0.4) is 0 Å². The summed E-state index contributed by atoms with van der Waals surface area (Å²) in [5.74, 6) is -1.14. The van der Waals surface area contributed by atoms with Crippen LogP contribution in [0, 0.1) is 0 Å². The maximum Gasteiger partial charge on any atom is 0.360 e. The summed E-state index contributed by atoms with van der Waals surface area (Å²) in [6.45, 7) is 0. The SMILES string of the molecule is O=C(O[C@@H](C(=O)c1ccccc1)c1ccccc1)c1n[nH]c(=O)c2ccccc12. The van der Waals surface area contributed by atoms with Gasteiger partial charge >= 0.3 is 5.97 Å². The average molecular weight is 384 g/mol. The first kappa shape index (κ1) is 18.3. The van der Waals surface area contributed by atoms with Gasteiger partial charge in [0.2, 0.25) is 5.78 Å². The van der Waals surface area contributed by atoms with Gasteiger partial charge < -0.3 is 4.74 Å². The van der Waals surface area contributed by atoms with Gasteiger partial charge in [0, 0.05) is 16.5 Å². The highest BCUT2D eigenvalue weighted by Crippen LogP contribution is 2.25. The summed E-state index contributed by atoms with van der Waals surface area (Å²) in [5.41, 5.74) is 0.510. The second-order valence-electron chi connectivity index (χ2n) is 6.37. The molecule has 142 valence electrons. The third kappa shape index (κ3) is 3.68. The molecule has 1 heterocycles. The Hall–Kier alpha value is -4.06. The van der Waals surface area contributed by atoms with Crippen LogP contribution in [0.5, 0.6) is 0 Å². The summed E-state index contributed by atoms with van der Waals surface area (Å²) in [6, 6.07) is 24.0. The summed E-state index contributed by atoms with van der Waals surface area (Å²) in [5, 5.41) is 6.85. The summed E-state index contributed by atoms with van der Waals surface area (Å²) >= 11 is 0. The fraction of sp³-hybridized carbons (Fsp3) is 0.0435. The lowest BCUT2D eigenvalue weighted by Gasteiger charge is -2.17. The van der Waals surface area contributed by atoms with Gasteiger partial charge in [0.25, 0.3) is 5.56 Å². The fourth-order valence-corrected chi connectivity index (χ4v) is 3.09. The highest BCUT2D eigenvalue weighted by Gasteiger charge is 2.28. The minimum absolute atomic E-state index is 0.0537. The molecular weight excluding hydrogens is 368 g/mol. The van der Waals surface area contributed by atoms with Crippen molar-refractivity contribution in [2.24, 2.45) is 0 Å². The molecule has 0 amide bonds. The van der Waals surface area contributed by atoms with E-state index in [4.69, 9.17) is 4.74 Å². The molecule has 1 aromatic heterocycles. The average Bonchev–Trinajstić information content (AvgIpc) is 2.78. The van der Waals surface area contributed by atoms with Crippen LogP contribution >= 0.6 is 0 Å². The van der Waals surface area contributed by atoms with Crippen molar-refractivity contribution in [1.82, 2.24) is 10.2 Å². The monoisotopic (exact) mass is 384 g/mol. The van der Waals surface area contributed by atoms with Gasteiger partial charge in [-0.2, -0.15) is 5.10 Å². The number of ether oxygens (including phenoxy) is 1. The topological polar surface area (TPSA) is 89.1 Å². The first-order valence-electron chi connectivity index (χ1n) is 8.98. The van der Waals surface area contributed by atoms with Crippen LogP contribution in [0.1, 0.15) is 32.5 Å². The van der Waals surface area contributed by atoms with Gasteiger partial charge in [-0.05, 0) is 6.07 Å². The van der Waals surface area contributed by atoms with E-state index in [0.29, 0.717) is 21.9 Å². The molecule has 6 nitrogen and oxygen atoms in total. The molecule has 1 atom stereocenters. The second kappa shape index (κ2) is 7.90. The van der Waals surface area contributed by atoms with Crippen molar-refractivity contribution in [2.75, 3.05) is 0 Å². The Bertz CT molecular complexity index is 1230. The second-order valence-corrected chi connectivity index (χ2v) is 6.37. The number of ketones is 1. The van der Waals surface area contributed by atoms with Crippen molar-refractivity contribution in [3.63, 3.8) is 0 Å². The van der Waals surface area contributed by atoms with Crippen molar-refractivity contribution >= 4 is 22.5 Å². The largest absolute Gasteiger partial charge is 0.444 e. The molecule has 0 bridgehead atoms. The van der Waals surface area contributed by atoms with Crippen molar-refractivity contribution < 1.29 is 14.3 Å². The summed E-state index contributed by atoms with van der Waals surface area (Å²) in [4.78, 5) is 38.0. The van der Waals surface area contributed by atoms with Crippen molar-refractivity contribution in [3.8, 4) is 0 Å². The van der Waals surface area contributed by atoms with E-state index >= 15 is 0 Å². The van der Waals surface area contributed by atoms with Gasteiger partial charge in [0.05, 0.1) is 5.39 Å². The van der Waals surface area contributed by atoms with E-state index in [1.54, 1.807) is 78.9 Å². The van der Waals surface area contributed by atoms with Crippen molar-refractivity contribution in [2.45, 2.75) is 6.10 Å². The molecule has 4 rings (SSSR count). The Morgan fingerprint density at radius 2 is 1.38 bits per heavy atom. The fourth-order valence-electron chi connectivity index (χ4n) is 3.09. The minimum Gasteiger partial charge on any atom is -0.444 e. The number of nitrogens with one attached hydrogen (secondary N) is 1. The van der Waals surface area contributed by atoms with Gasteiger partial charge in [-0.1, -0.05) is 78.9 Å². The molecule has 0 saturated carbocycles. The zero-order chi connectivity index (χ0) is 20.2. The number of esters is 1. The van der Waals surface area contributed by atoms with Gasteiger partial charge in [-0.15, -0.1) is 0 Å². The minimum atomic E-state index is -1.14. The van der Waals surface area contributed by atoms with Crippen molar-refractivity contribution in [1.29, 1.82) is 0 Å². The molecular formula is C23H16N2O4. The van der Waals surface area contributed by atoms with Gasteiger partial charge in [-0.3, -0.25) is 9.59 Å². The summed E-state index contributed by atoms with van der Waals surface area (Å²) in [6.07, 6.45) is -1.14. The van der Waals surface area contributed by atoms with E-state index in [2.05, 4.69) is 10.2 Å². The number of rotatable bonds is 5. The van der Waals surface area contributed by atoms with E-state index in [1.807, 2.05) is 6.07 Å². The van der Waals surface area contributed by atoms with Crippen LogP contribution in [0.4, 0.5) is 0 Å². The van der Waals surface area contributed by atoms with E-state index in [9.17, 15) is 14.4 Å². The maximum absolute atomic E-state index is 13.1.